The lowest BCUT2D eigenvalue weighted by Gasteiger charge is -2.30. The van der Waals surface area contributed by atoms with Crippen LogP contribution in [0.5, 0.6) is 17.2 Å². The van der Waals surface area contributed by atoms with Crippen molar-refractivity contribution < 1.29 is 38.3 Å². The highest BCUT2D eigenvalue weighted by Gasteiger charge is 2.48. The number of carboxylic acids is 1. The summed E-state index contributed by atoms with van der Waals surface area (Å²) >= 11 is 0. The van der Waals surface area contributed by atoms with E-state index in [1.807, 2.05) is 53.2 Å². The third-order valence-corrected chi connectivity index (χ3v) is 8.75. The van der Waals surface area contributed by atoms with Crippen LogP contribution in [0.15, 0.2) is 36.7 Å². The normalized spacial score (nSPS) is 21.5. The molecule has 1 aromatic carbocycles. The fourth-order valence-electron chi connectivity index (χ4n) is 6.46. The number of carbonyl (C=O) groups is 3. The number of likely N-dealkylation sites (N-methyl/N-ethyl adjacent to an activating group) is 1. The Hall–Kier alpha value is -4.06. The van der Waals surface area contributed by atoms with Crippen LogP contribution in [0.2, 0.25) is 0 Å². The Morgan fingerprint density at radius 1 is 1.23 bits per heavy atom. The molecule has 0 radical (unpaired) electrons. The number of benzene rings is 1. The maximum atomic E-state index is 14.0. The summed E-state index contributed by atoms with van der Waals surface area (Å²) in [6.07, 6.45) is 6.04. The summed E-state index contributed by atoms with van der Waals surface area (Å²) in [7, 11) is 5.22. The van der Waals surface area contributed by atoms with Crippen molar-refractivity contribution in [3.05, 3.63) is 42.2 Å². The molecule has 0 saturated carbocycles. The molecule has 12 nitrogen and oxygen atoms in total. The quantitative estimate of drug-likeness (QED) is 0.371. The lowest BCUT2D eigenvalue weighted by molar-refractivity contribution is -0.670. The van der Waals surface area contributed by atoms with Crippen LogP contribution in [0.25, 0.3) is 0 Å². The van der Waals surface area contributed by atoms with Gasteiger partial charge in [-0.3, -0.25) is 14.5 Å². The monoisotopic (exact) mass is 596 g/mol. The van der Waals surface area contributed by atoms with E-state index >= 15 is 0 Å². The van der Waals surface area contributed by atoms with Gasteiger partial charge in [0.2, 0.25) is 18.4 Å². The van der Waals surface area contributed by atoms with Gasteiger partial charge in [0.25, 0.3) is 0 Å². The highest BCUT2D eigenvalue weighted by atomic mass is 16.7. The molecule has 0 spiro atoms. The number of nitrogens with zero attached hydrogens (tertiary/aromatic N) is 5. The maximum absolute atomic E-state index is 14.0. The van der Waals surface area contributed by atoms with E-state index in [2.05, 4.69) is 6.92 Å². The molecular formula is C31H42N5O7+. The number of urea groups is 1. The number of unbranched alkanes of at least 4 members (excludes halogenated alkanes) is 1. The van der Waals surface area contributed by atoms with Crippen LogP contribution in [-0.4, -0.2) is 104 Å². The molecule has 2 saturated heterocycles. The summed E-state index contributed by atoms with van der Waals surface area (Å²) in [6.45, 7) is 4.77. The first kappa shape index (κ1) is 30.4. The van der Waals surface area contributed by atoms with Crippen LogP contribution < -0.4 is 23.7 Å². The van der Waals surface area contributed by atoms with Gasteiger partial charge in [-0.2, -0.15) is 0 Å². The second-order valence-corrected chi connectivity index (χ2v) is 11.5. The van der Waals surface area contributed by atoms with E-state index in [1.165, 1.54) is 7.11 Å². The smallest absolute Gasteiger partial charge is 0.319 e. The van der Waals surface area contributed by atoms with Crippen LogP contribution in [0.4, 0.5) is 10.5 Å². The van der Waals surface area contributed by atoms with Gasteiger partial charge in [-0.05, 0) is 36.6 Å². The Morgan fingerprint density at radius 3 is 2.72 bits per heavy atom. The number of aliphatic carboxylic acids is 1. The third kappa shape index (κ3) is 6.34. The molecule has 0 bridgehead atoms. The van der Waals surface area contributed by atoms with Crippen molar-refractivity contribution in [2.75, 3.05) is 65.1 Å². The zero-order valence-electron chi connectivity index (χ0n) is 25.4. The highest BCUT2D eigenvalue weighted by molar-refractivity contribution is 5.94. The van der Waals surface area contributed by atoms with E-state index in [4.69, 9.17) is 14.2 Å². The summed E-state index contributed by atoms with van der Waals surface area (Å²) < 4.78 is 18.7. The fraction of sp³-hybridized carbons (Fsp3) is 0.548. The zero-order chi connectivity index (χ0) is 30.7. The van der Waals surface area contributed by atoms with Crippen molar-refractivity contribution in [1.82, 2.24) is 14.7 Å². The molecule has 1 unspecified atom stereocenters. The molecule has 4 heterocycles. The van der Waals surface area contributed by atoms with E-state index in [9.17, 15) is 19.5 Å². The van der Waals surface area contributed by atoms with E-state index in [-0.39, 0.29) is 25.3 Å². The minimum Gasteiger partial charge on any atom is -0.493 e. The van der Waals surface area contributed by atoms with Crippen molar-refractivity contribution in [3.8, 4) is 17.2 Å². The number of carbonyl (C=O) groups excluding carboxylic acids is 2. The molecule has 232 valence electrons. The fourth-order valence-corrected chi connectivity index (χ4v) is 6.46. The van der Waals surface area contributed by atoms with Gasteiger partial charge in [-0.25, -0.2) is 9.36 Å². The molecule has 5 rings (SSSR count). The summed E-state index contributed by atoms with van der Waals surface area (Å²) in [5.41, 5.74) is 1.56. The van der Waals surface area contributed by atoms with Crippen molar-refractivity contribution in [3.63, 3.8) is 0 Å². The van der Waals surface area contributed by atoms with Crippen LogP contribution >= 0.6 is 0 Å². The molecule has 3 aliphatic heterocycles. The van der Waals surface area contributed by atoms with E-state index in [0.29, 0.717) is 56.4 Å². The van der Waals surface area contributed by atoms with Crippen molar-refractivity contribution >= 4 is 23.6 Å². The number of pyridine rings is 1. The first-order valence-corrected chi connectivity index (χ1v) is 14.9. The Labute approximate surface area is 252 Å². The molecule has 0 aliphatic carbocycles. The highest BCUT2D eigenvalue weighted by Crippen LogP contribution is 2.47. The van der Waals surface area contributed by atoms with Gasteiger partial charge in [0, 0.05) is 57.8 Å². The number of ether oxygens (including phenoxy) is 3. The number of likely N-dealkylation sites (tertiary alicyclic amines) is 1. The summed E-state index contributed by atoms with van der Waals surface area (Å²) in [5.74, 6) is -0.786. The molecule has 12 heteroatoms. The Morgan fingerprint density at radius 2 is 2.05 bits per heavy atom. The SMILES string of the molecule is CCCCN(C(=O)CN1C[C@H](c2cc(OC)c3c(c2)OCO3)C(C(=O)O)[C@@H]1CCN1CCN(C)C1=O)c1ccc[n+](C)c1. The minimum atomic E-state index is -0.940. The molecule has 43 heavy (non-hydrogen) atoms. The van der Waals surface area contributed by atoms with Crippen LogP contribution in [0, 0.1) is 5.92 Å². The predicted molar refractivity (Wildman–Crippen MR) is 157 cm³/mol. The summed E-state index contributed by atoms with van der Waals surface area (Å²) in [6, 6.07) is 6.94. The second kappa shape index (κ2) is 13.1. The number of methoxy groups -OCH3 is 1. The van der Waals surface area contributed by atoms with Crippen LogP contribution in [0.3, 0.4) is 0 Å². The van der Waals surface area contributed by atoms with Crippen LogP contribution in [0.1, 0.15) is 37.7 Å². The molecule has 2 aromatic rings. The summed E-state index contributed by atoms with van der Waals surface area (Å²) in [5, 5.41) is 10.6. The Kier molecular flexibility index (Phi) is 9.24. The van der Waals surface area contributed by atoms with Gasteiger partial charge in [-0.15, -0.1) is 0 Å². The molecule has 3 aliphatic rings. The number of hydrogen-bond acceptors (Lipinski definition) is 7. The molecule has 3 atom stereocenters. The first-order chi connectivity index (χ1) is 20.7. The number of aromatic nitrogens is 1. The van der Waals surface area contributed by atoms with Gasteiger partial charge in [-0.1, -0.05) is 13.3 Å². The lowest BCUT2D eigenvalue weighted by Crippen LogP contribution is -2.46. The Bertz CT molecular complexity index is 1350. The minimum absolute atomic E-state index is 0.0583. The molecule has 1 N–H and O–H groups in total. The lowest BCUT2D eigenvalue weighted by atomic mass is 9.84. The van der Waals surface area contributed by atoms with Crippen molar-refractivity contribution in [2.24, 2.45) is 13.0 Å². The van der Waals surface area contributed by atoms with E-state index in [1.54, 1.807) is 21.7 Å². The number of aryl methyl sites for hydroxylation is 1. The largest absolute Gasteiger partial charge is 0.493 e. The molecular weight excluding hydrogens is 554 g/mol. The van der Waals surface area contributed by atoms with Crippen LogP contribution in [-0.2, 0) is 16.6 Å². The number of hydrogen-bond donors (Lipinski definition) is 1. The number of rotatable bonds is 12. The van der Waals surface area contributed by atoms with E-state index < -0.39 is 23.8 Å². The van der Waals surface area contributed by atoms with Gasteiger partial charge < -0.3 is 34.0 Å². The van der Waals surface area contributed by atoms with Gasteiger partial charge in [0.05, 0.1) is 19.6 Å². The topological polar surface area (TPSA) is 116 Å². The number of fused-ring (bicyclic) bond motifs is 1. The maximum Gasteiger partial charge on any atom is 0.319 e. The standard InChI is InChI=1S/C31H41N5O7/c1-5-6-11-36(22-8-7-10-32(2)17-22)27(37)19-35-18-23(21-15-25(41-4)29-26(16-21)42-20-43-29)28(30(38)39)24(35)9-12-34-14-13-33(3)31(34)40/h7-8,10,15-17,23-24,28H,5-6,9,11-14,18-20H2,1-4H3/p+1/t23-,24+,28?/m1/s1. The number of carboxylic acid groups (broad SMARTS) is 1. The molecule has 2 fully saturated rings. The average molecular weight is 597 g/mol. The summed E-state index contributed by atoms with van der Waals surface area (Å²) in [4.78, 5) is 46.8. The van der Waals surface area contributed by atoms with E-state index in [0.717, 1.165) is 24.1 Å². The first-order valence-electron chi connectivity index (χ1n) is 14.9. The Balaban J connectivity index is 1.46. The predicted octanol–water partition coefficient (Wildman–Crippen LogP) is 2.31. The van der Waals surface area contributed by atoms with Gasteiger partial charge >= 0.3 is 12.0 Å². The second-order valence-electron chi connectivity index (χ2n) is 11.5. The third-order valence-electron chi connectivity index (χ3n) is 8.75. The van der Waals surface area contributed by atoms with Gasteiger partial charge in [0.15, 0.2) is 23.9 Å². The molecule has 1 aromatic heterocycles. The van der Waals surface area contributed by atoms with Crippen molar-refractivity contribution in [1.29, 1.82) is 0 Å². The van der Waals surface area contributed by atoms with Gasteiger partial charge in [0.1, 0.15) is 12.7 Å². The number of amides is 3. The zero-order valence-corrected chi connectivity index (χ0v) is 25.4. The number of anilines is 1. The molecule has 3 amide bonds. The average Bonchev–Trinajstić information content (AvgIpc) is 3.69. The van der Waals surface area contributed by atoms with Crippen molar-refractivity contribution in [2.45, 2.75) is 38.1 Å².